The molecular formula is C44H58N3O13S2-. The van der Waals surface area contributed by atoms with E-state index < -0.39 is 54.1 Å². The van der Waals surface area contributed by atoms with Crippen molar-refractivity contribution in [3.05, 3.63) is 83.0 Å². The summed E-state index contributed by atoms with van der Waals surface area (Å²) in [4.78, 5) is 43.0. The normalized spacial score (nSPS) is 21.2. The molecule has 16 nitrogen and oxygen atoms in total. The first-order chi connectivity index (χ1) is 29.2. The molecule has 340 valence electrons. The molecule has 0 radical (unpaired) electrons. The van der Waals surface area contributed by atoms with Crippen molar-refractivity contribution < 1.29 is 63.9 Å². The van der Waals surface area contributed by atoms with Crippen molar-refractivity contribution in [3.8, 4) is 0 Å². The van der Waals surface area contributed by atoms with Crippen molar-refractivity contribution >= 4 is 49.4 Å². The fourth-order valence-electron chi connectivity index (χ4n) is 8.32. The lowest BCUT2D eigenvalue weighted by Gasteiger charge is -2.38. The predicted molar refractivity (Wildman–Crippen MR) is 226 cm³/mol. The standard InChI is InChI=1S/C44H59N3O13S2/c1-43(2,3)35-29-32(59-38-28-31(15-17-34(35)38)45(23-25-57-5)24-26-58-6)12-10-13-39-44(4,21-11-27-61(51,52)53)36-30-33(62(54,55)56)16-18-37(36)46(39)22-9-7-8-14-42(50)60-47-40(48)19-20-41(47)49/h10,12-13,15-16,18,28-30,34H,7-9,11,14,17,19-27H2,1-6H3,(H-,51,52,53,54,55,56)/p-1/b13-10+,32-12+. The Balaban J connectivity index is 1.48. The van der Waals surface area contributed by atoms with E-state index in [4.69, 9.17) is 19.0 Å². The van der Waals surface area contributed by atoms with Crippen LogP contribution in [0.5, 0.6) is 0 Å². The van der Waals surface area contributed by atoms with E-state index in [-0.39, 0.29) is 43.4 Å². The van der Waals surface area contributed by atoms with Gasteiger partial charge >= 0.3 is 5.97 Å². The van der Waals surface area contributed by atoms with Crippen molar-refractivity contribution in [2.24, 2.45) is 11.3 Å². The molecule has 62 heavy (non-hydrogen) atoms. The minimum Gasteiger partial charge on any atom is -0.748 e. The molecule has 3 aliphatic heterocycles. The van der Waals surface area contributed by atoms with Crippen LogP contribution >= 0.6 is 0 Å². The molecule has 0 N–H and O–H groups in total. The second-order valence-electron chi connectivity index (χ2n) is 17.0. The highest BCUT2D eigenvalue weighted by atomic mass is 32.2. The third kappa shape index (κ3) is 12.2. The van der Waals surface area contributed by atoms with Crippen molar-refractivity contribution in [3.63, 3.8) is 0 Å². The average Bonchev–Trinajstić information content (AvgIpc) is 3.63. The van der Waals surface area contributed by atoms with E-state index in [0.717, 1.165) is 17.9 Å². The zero-order chi connectivity index (χ0) is 45.5. The molecule has 0 bridgehead atoms. The maximum absolute atomic E-state index is 12.4. The molecule has 0 saturated carbocycles. The van der Waals surface area contributed by atoms with Gasteiger partial charge in [-0.05, 0) is 68.7 Å². The first-order valence-corrected chi connectivity index (χ1v) is 23.8. The smallest absolute Gasteiger partial charge is 0.333 e. The number of nitrogens with zero attached hydrogens (tertiary/aromatic N) is 3. The lowest BCUT2D eigenvalue weighted by atomic mass is 9.74. The maximum atomic E-state index is 12.4. The van der Waals surface area contributed by atoms with Gasteiger partial charge in [-0.25, -0.2) is 21.6 Å². The van der Waals surface area contributed by atoms with Gasteiger partial charge in [0.2, 0.25) is 5.69 Å². The summed E-state index contributed by atoms with van der Waals surface area (Å²) in [5, 5.41) is 0.515. The topological polar surface area (TPSA) is 212 Å². The van der Waals surface area contributed by atoms with Gasteiger partial charge in [0, 0.05) is 94.1 Å². The first kappa shape index (κ1) is 48.6. The number of unbranched alkanes of at least 4 members (excludes halogenated alkanes) is 2. The summed E-state index contributed by atoms with van der Waals surface area (Å²) >= 11 is 0. The molecule has 2 unspecified atom stereocenters. The van der Waals surface area contributed by atoms with Gasteiger partial charge in [-0.1, -0.05) is 38.5 Å². The number of methoxy groups -OCH3 is 2. The Bertz CT molecular complexity index is 2280. The summed E-state index contributed by atoms with van der Waals surface area (Å²) < 4.78 is 91.3. The Hall–Kier alpha value is -4.46. The van der Waals surface area contributed by atoms with Crippen LogP contribution in [0.4, 0.5) is 5.69 Å². The largest absolute Gasteiger partial charge is 0.748 e. The number of allylic oxidation sites excluding steroid dienone is 7. The highest BCUT2D eigenvalue weighted by molar-refractivity contribution is 7.86. The van der Waals surface area contributed by atoms with Gasteiger partial charge in [0.1, 0.15) is 28.2 Å². The number of hydrogen-bond acceptors (Lipinski definition) is 14. The Morgan fingerprint density at radius 2 is 1.68 bits per heavy atom. The fourth-order valence-corrected chi connectivity index (χ4v) is 9.32. The minimum absolute atomic E-state index is 0.00935. The molecule has 1 aromatic rings. The summed E-state index contributed by atoms with van der Waals surface area (Å²) in [7, 11) is -6.11. The van der Waals surface area contributed by atoms with Gasteiger partial charge in [0.05, 0.1) is 33.6 Å². The molecule has 1 aliphatic carbocycles. The van der Waals surface area contributed by atoms with Crippen molar-refractivity contribution in [2.45, 2.75) is 95.8 Å². The van der Waals surface area contributed by atoms with Crippen molar-refractivity contribution in [1.82, 2.24) is 9.96 Å². The zero-order valence-electron chi connectivity index (χ0n) is 36.3. The number of hydroxylamine groups is 2. The number of benzene rings is 1. The lowest BCUT2D eigenvalue weighted by molar-refractivity contribution is -0.438. The fraction of sp³-hybridized carbons (Fsp3) is 0.545. The quantitative estimate of drug-likeness (QED) is 0.0667. The molecule has 3 heterocycles. The Kier molecular flexibility index (Phi) is 16.0. The van der Waals surface area contributed by atoms with E-state index in [0.29, 0.717) is 79.9 Å². The second-order valence-corrected chi connectivity index (χ2v) is 19.9. The van der Waals surface area contributed by atoms with Crippen LogP contribution < -0.4 is 0 Å². The van der Waals surface area contributed by atoms with Crippen LogP contribution in [-0.2, 0) is 59.1 Å². The maximum Gasteiger partial charge on any atom is 0.333 e. The van der Waals surface area contributed by atoms with Gasteiger partial charge < -0.3 is 33.1 Å². The van der Waals surface area contributed by atoms with Crippen molar-refractivity contribution in [1.29, 1.82) is 0 Å². The first-order valence-electron chi connectivity index (χ1n) is 20.8. The predicted octanol–water partition coefficient (Wildman–Crippen LogP) is 5.27. The van der Waals surface area contributed by atoms with Crippen LogP contribution in [0, 0.1) is 11.3 Å². The zero-order valence-corrected chi connectivity index (χ0v) is 38.0. The van der Waals surface area contributed by atoms with Crippen LogP contribution in [0.2, 0.25) is 0 Å². The molecule has 1 aromatic carbocycles. The monoisotopic (exact) mass is 900 g/mol. The van der Waals surface area contributed by atoms with E-state index in [9.17, 15) is 40.3 Å². The van der Waals surface area contributed by atoms with Gasteiger partial charge in [-0.2, -0.15) is 4.58 Å². The van der Waals surface area contributed by atoms with Crippen LogP contribution in [0.15, 0.2) is 82.3 Å². The molecule has 1 fully saturated rings. The molecule has 5 rings (SSSR count). The van der Waals surface area contributed by atoms with E-state index in [1.807, 2.05) is 29.7 Å². The summed E-state index contributed by atoms with van der Waals surface area (Å²) in [6.45, 7) is 11.1. The van der Waals surface area contributed by atoms with Gasteiger partial charge in [0.25, 0.3) is 11.8 Å². The molecule has 1 saturated heterocycles. The van der Waals surface area contributed by atoms with Gasteiger partial charge in [0.15, 0.2) is 5.71 Å². The number of imide groups is 1. The average molecular weight is 901 g/mol. The molecule has 2 atom stereocenters. The highest BCUT2D eigenvalue weighted by Gasteiger charge is 2.47. The number of rotatable bonds is 21. The molecular weight excluding hydrogens is 843 g/mol. The van der Waals surface area contributed by atoms with Gasteiger partial charge in [-0.3, -0.25) is 9.59 Å². The van der Waals surface area contributed by atoms with Crippen molar-refractivity contribution in [2.75, 3.05) is 52.8 Å². The minimum atomic E-state index is -4.87. The second kappa shape index (κ2) is 20.4. The Morgan fingerprint density at radius 3 is 2.29 bits per heavy atom. The number of hydrogen-bond donors (Lipinski definition) is 0. The van der Waals surface area contributed by atoms with E-state index in [1.54, 1.807) is 20.3 Å². The number of fused-ring (bicyclic) bond motifs is 2. The third-order valence-corrected chi connectivity index (χ3v) is 13.1. The highest BCUT2D eigenvalue weighted by Crippen LogP contribution is 2.46. The Labute approximate surface area is 365 Å². The molecule has 2 amide bonds. The summed E-state index contributed by atoms with van der Waals surface area (Å²) in [6, 6.07) is 4.10. The van der Waals surface area contributed by atoms with E-state index in [1.165, 1.54) is 17.7 Å². The lowest BCUT2D eigenvalue weighted by Crippen LogP contribution is -2.32. The van der Waals surface area contributed by atoms with E-state index >= 15 is 0 Å². The number of amides is 2. The summed E-state index contributed by atoms with van der Waals surface area (Å²) in [5.41, 5.74) is 2.71. The molecule has 0 spiro atoms. The van der Waals surface area contributed by atoms with E-state index in [2.05, 4.69) is 43.9 Å². The van der Waals surface area contributed by atoms with Crippen LogP contribution in [0.25, 0.3) is 0 Å². The summed E-state index contributed by atoms with van der Waals surface area (Å²) in [5.74, 6) is -1.06. The van der Waals surface area contributed by atoms with Crippen LogP contribution in [-0.4, -0.2) is 117 Å². The SMILES string of the molecule is COCCN(CCOC)C1=CCC2C(=C1)O/C(=C/C=C/C1=[N+](CCCCCC(=O)ON3C(=O)CCC3=O)c3ccc(S(=O)(=O)[O-])cc3C1(C)CCCS(=O)(=O)[O-])C=C2C(C)(C)C. The Morgan fingerprint density at radius 1 is 1.00 bits per heavy atom. The number of carbonyl (C=O) groups is 3. The van der Waals surface area contributed by atoms with Gasteiger partial charge in [-0.15, -0.1) is 5.06 Å². The summed E-state index contributed by atoms with van der Waals surface area (Å²) in [6.07, 6.45) is 14.0. The molecule has 18 heteroatoms. The molecule has 4 aliphatic rings. The third-order valence-electron chi connectivity index (χ3n) is 11.5. The number of ether oxygens (including phenoxy) is 3. The van der Waals surface area contributed by atoms with Crippen LogP contribution in [0.3, 0.4) is 0 Å². The number of carbonyl (C=O) groups excluding carboxylic acids is 3. The molecule has 0 aromatic heterocycles. The van der Waals surface area contributed by atoms with Crippen LogP contribution in [0.1, 0.15) is 91.0 Å².